The first-order valence-corrected chi connectivity index (χ1v) is 9.28. The molecule has 26 heavy (non-hydrogen) atoms. The fourth-order valence-corrected chi connectivity index (χ4v) is 2.77. The molecule has 2 aromatic rings. The molecule has 0 fully saturated rings. The highest BCUT2D eigenvalue weighted by Crippen LogP contribution is 2.23. The van der Waals surface area contributed by atoms with Gasteiger partial charge in [-0.3, -0.25) is 4.79 Å². The van der Waals surface area contributed by atoms with Crippen LogP contribution in [0.2, 0.25) is 0 Å². The van der Waals surface area contributed by atoms with Crippen LogP contribution < -0.4 is 20.3 Å². The normalized spacial score (nSPS) is 10.3. The Kier molecular flexibility index (Phi) is 7.80. The summed E-state index contributed by atoms with van der Waals surface area (Å²) < 4.78 is 5.57. The largest absolute Gasteiger partial charge is 0.492 e. The van der Waals surface area contributed by atoms with E-state index in [4.69, 9.17) is 4.74 Å². The number of rotatable bonds is 10. The maximum atomic E-state index is 12.2. The van der Waals surface area contributed by atoms with Crippen LogP contribution in [0.1, 0.15) is 27.2 Å². The van der Waals surface area contributed by atoms with Crippen LogP contribution in [-0.4, -0.2) is 32.1 Å². The van der Waals surface area contributed by atoms with E-state index >= 15 is 0 Å². The number of benzene rings is 2. The second-order valence-electron chi connectivity index (χ2n) is 5.87. The van der Waals surface area contributed by atoms with E-state index in [1.54, 1.807) is 0 Å². The molecule has 0 atom stereocenters. The van der Waals surface area contributed by atoms with E-state index in [0.717, 1.165) is 30.2 Å². The molecule has 0 heterocycles. The zero-order valence-corrected chi connectivity index (χ0v) is 15.9. The molecule has 2 N–H and O–H groups in total. The molecule has 1 amide bonds. The summed E-state index contributed by atoms with van der Waals surface area (Å²) in [4.78, 5) is 14.4. The molecule has 5 nitrogen and oxygen atoms in total. The molecular weight excluding hydrogens is 326 g/mol. The number of nitrogens with one attached hydrogen (secondary N) is 2. The highest BCUT2D eigenvalue weighted by atomic mass is 16.5. The van der Waals surface area contributed by atoms with Crippen LogP contribution in [-0.2, 0) is 4.79 Å². The number of ether oxygens (including phenoxy) is 1. The van der Waals surface area contributed by atoms with Gasteiger partial charge in [0.15, 0.2) is 0 Å². The molecule has 0 radical (unpaired) electrons. The van der Waals surface area contributed by atoms with E-state index in [9.17, 15) is 4.79 Å². The van der Waals surface area contributed by atoms with E-state index in [1.165, 1.54) is 5.69 Å². The van der Waals surface area contributed by atoms with Gasteiger partial charge in [-0.15, -0.1) is 0 Å². The van der Waals surface area contributed by atoms with Gasteiger partial charge < -0.3 is 20.3 Å². The fraction of sp³-hybridized carbons (Fsp3) is 0.381. The lowest BCUT2D eigenvalue weighted by Crippen LogP contribution is -2.21. The van der Waals surface area contributed by atoms with E-state index in [2.05, 4.69) is 29.4 Å². The first kappa shape index (κ1) is 19.6. The molecule has 0 saturated carbocycles. The lowest BCUT2D eigenvalue weighted by molar-refractivity contribution is -0.115. The van der Waals surface area contributed by atoms with Crippen LogP contribution in [0.25, 0.3) is 0 Å². The first-order chi connectivity index (χ1) is 12.7. The molecule has 140 valence electrons. The fourth-order valence-electron chi connectivity index (χ4n) is 2.77. The van der Waals surface area contributed by atoms with Crippen molar-refractivity contribution in [1.29, 1.82) is 0 Å². The summed E-state index contributed by atoms with van der Waals surface area (Å²) in [7, 11) is 0. The predicted octanol–water partition coefficient (Wildman–Crippen LogP) is 4.37. The standard InChI is InChI=1S/C21H29N3O2/c1-4-24(5-2)18-13-11-17(12-14-18)23-21(25)15-16-22-19-9-7-8-10-20(19)26-6-3/h7-14,22H,4-6,15-16H2,1-3H3,(H,23,25). The monoisotopic (exact) mass is 355 g/mol. The summed E-state index contributed by atoms with van der Waals surface area (Å²) in [5, 5.41) is 6.20. The van der Waals surface area contributed by atoms with Crippen molar-refractivity contribution in [3.63, 3.8) is 0 Å². The second kappa shape index (κ2) is 10.3. The molecule has 5 heteroatoms. The Morgan fingerprint density at radius 1 is 1.00 bits per heavy atom. The average Bonchev–Trinajstić information content (AvgIpc) is 2.66. The SMILES string of the molecule is CCOc1ccccc1NCCC(=O)Nc1ccc(N(CC)CC)cc1. The number of anilines is 3. The van der Waals surface area contributed by atoms with Crippen LogP contribution in [0.5, 0.6) is 5.75 Å². The summed E-state index contributed by atoms with van der Waals surface area (Å²) in [6, 6.07) is 15.7. The van der Waals surface area contributed by atoms with Gasteiger partial charge in [0.25, 0.3) is 0 Å². The van der Waals surface area contributed by atoms with Crippen LogP contribution in [0, 0.1) is 0 Å². The van der Waals surface area contributed by atoms with E-state index in [-0.39, 0.29) is 5.91 Å². The van der Waals surface area contributed by atoms with Crippen molar-refractivity contribution in [3.05, 3.63) is 48.5 Å². The van der Waals surface area contributed by atoms with Gasteiger partial charge in [0, 0.05) is 37.4 Å². The van der Waals surface area contributed by atoms with Crippen LogP contribution in [0.4, 0.5) is 17.1 Å². The Hall–Kier alpha value is -2.69. The van der Waals surface area contributed by atoms with Gasteiger partial charge in [0.2, 0.25) is 5.91 Å². The molecule has 0 bridgehead atoms. The van der Waals surface area contributed by atoms with Crippen molar-refractivity contribution in [1.82, 2.24) is 0 Å². The van der Waals surface area contributed by atoms with Crippen LogP contribution >= 0.6 is 0 Å². The quantitative estimate of drug-likeness (QED) is 0.664. The lowest BCUT2D eigenvalue weighted by Gasteiger charge is -2.21. The molecule has 0 aromatic heterocycles. The van der Waals surface area contributed by atoms with Crippen LogP contribution in [0.15, 0.2) is 48.5 Å². The number of carbonyl (C=O) groups excluding carboxylic acids is 1. The van der Waals surface area contributed by atoms with E-state index in [1.807, 2.05) is 55.5 Å². The number of nitrogens with zero attached hydrogens (tertiary/aromatic N) is 1. The molecule has 0 aliphatic rings. The molecule has 0 spiro atoms. The molecule has 0 aliphatic heterocycles. The molecule has 0 aliphatic carbocycles. The number of hydrogen-bond acceptors (Lipinski definition) is 4. The molecule has 0 unspecified atom stereocenters. The number of amides is 1. The minimum absolute atomic E-state index is 0.0121. The predicted molar refractivity (Wildman–Crippen MR) is 109 cm³/mol. The number of para-hydroxylation sites is 2. The molecular formula is C21H29N3O2. The minimum atomic E-state index is -0.0121. The molecule has 2 rings (SSSR count). The second-order valence-corrected chi connectivity index (χ2v) is 5.87. The topological polar surface area (TPSA) is 53.6 Å². The van der Waals surface area contributed by atoms with Crippen molar-refractivity contribution in [2.24, 2.45) is 0 Å². The Bertz CT molecular complexity index is 682. The Labute approximate surface area is 156 Å². The van der Waals surface area contributed by atoms with E-state index < -0.39 is 0 Å². The van der Waals surface area contributed by atoms with Crippen molar-refractivity contribution < 1.29 is 9.53 Å². The first-order valence-electron chi connectivity index (χ1n) is 9.28. The van der Waals surface area contributed by atoms with Crippen LogP contribution in [0.3, 0.4) is 0 Å². The number of carbonyl (C=O) groups is 1. The summed E-state index contributed by atoms with van der Waals surface area (Å²) in [5.74, 6) is 0.796. The molecule has 2 aromatic carbocycles. The smallest absolute Gasteiger partial charge is 0.226 e. The zero-order chi connectivity index (χ0) is 18.8. The van der Waals surface area contributed by atoms with Crippen molar-refractivity contribution in [2.75, 3.05) is 41.8 Å². The summed E-state index contributed by atoms with van der Waals surface area (Å²) in [6.45, 7) is 9.33. The highest BCUT2D eigenvalue weighted by molar-refractivity contribution is 5.91. The Morgan fingerprint density at radius 2 is 1.69 bits per heavy atom. The summed E-state index contributed by atoms with van der Waals surface area (Å²) in [5.41, 5.74) is 2.90. The van der Waals surface area contributed by atoms with Gasteiger partial charge in [-0.25, -0.2) is 0 Å². The minimum Gasteiger partial charge on any atom is -0.492 e. The molecule has 0 saturated heterocycles. The van der Waals surface area contributed by atoms with Gasteiger partial charge in [0.05, 0.1) is 12.3 Å². The third kappa shape index (κ3) is 5.69. The van der Waals surface area contributed by atoms with Gasteiger partial charge in [-0.1, -0.05) is 12.1 Å². The third-order valence-corrected chi connectivity index (χ3v) is 4.13. The van der Waals surface area contributed by atoms with Gasteiger partial charge in [-0.05, 0) is 57.2 Å². The van der Waals surface area contributed by atoms with Gasteiger partial charge in [-0.2, -0.15) is 0 Å². The maximum absolute atomic E-state index is 12.2. The summed E-state index contributed by atoms with van der Waals surface area (Å²) >= 11 is 0. The van der Waals surface area contributed by atoms with Crippen molar-refractivity contribution in [2.45, 2.75) is 27.2 Å². The average molecular weight is 355 g/mol. The highest BCUT2D eigenvalue weighted by Gasteiger charge is 2.06. The van der Waals surface area contributed by atoms with Gasteiger partial charge in [0.1, 0.15) is 5.75 Å². The van der Waals surface area contributed by atoms with Crippen molar-refractivity contribution >= 4 is 23.0 Å². The Balaban J connectivity index is 1.82. The number of hydrogen-bond donors (Lipinski definition) is 2. The van der Waals surface area contributed by atoms with Crippen molar-refractivity contribution in [3.8, 4) is 5.75 Å². The van der Waals surface area contributed by atoms with Gasteiger partial charge >= 0.3 is 0 Å². The summed E-state index contributed by atoms with van der Waals surface area (Å²) in [6.07, 6.45) is 0.387. The Morgan fingerprint density at radius 3 is 2.35 bits per heavy atom. The van der Waals surface area contributed by atoms with E-state index in [0.29, 0.717) is 19.6 Å². The third-order valence-electron chi connectivity index (χ3n) is 4.13. The maximum Gasteiger partial charge on any atom is 0.226 e. The zero-order valence-electron chi connectivity index (χ0n) is 15.9. The lowest BCUT2D eigenvalue weighted by atomic mass is 10.2.